The van der Waals surface area contributed by atoms with Gasteiger partial charge in [0.25, 0.3) is 5.91 Å². The van der Waals surface area contributed by atoms with Crippen LogP contribution in [0.15, 0.2) is 18.2 Å². The van der Waals surface area contributed by atoms with Crippen molar-refractivity contribution in [1.82, 2.24) is 10.2 Å². The van der Waals surface area contributed by atoms with E-state index in [4.69, 9.17) is 9.47 Å². The summed E-state index contributed by atoms with van der Waals surface area (Å²) >= 11 is 0. The minimum Gasteiger partial charge on any atom is -0.493 e. The van der Waals surface area contributed by atoms with E-state index in [0.717, 1.165) is 31.5 Å². The van der Waals surface area contributed by atoms with E-state index in [9.17, 15) is 4.79 Å². The molecule has 5 heteroatoms. The summed E-state index contributed by atoms with van der Waals surface area (Å²) in [4.78, 5) is 14.2. The van der Waals surface area contributed by atoms with Crippen LogP contribution in [0.1, 0.15) is 18.4 Å². The highest BCUT2D eigenvalue weighted by Crippen LogP contribution is 2.28. The molecular formula is C16H24N2O3. The van der Waals surface area contributed by atoms with Crippen LogP contribution in [-0.2, 0) is 4.79 Å². The van der Waals surface area contributed by atoms with Crippen LogP contribution in [-0.4, -0.2) is 50.7 Å². The maximum absolute atomic E-state index is 12.3. The SMILES string of the molecule is CNCC1CCCN1C(=O)COc1ccc(C)cc1OC. The number of amides is 1. The minimum atomic E-state index is 0.0374. The molecular weight excluding hydrogens is 268 g/mol. The third kappa shape index (κ3) is 3.88. The molecule has 5 nitrogen and oxygen atoms in total. The Labute approximate surface area is 126 Å². The number of ether oxygens (including phenoxy) is 2. The number of likely N-dealkylation sites (tertiary alicyclic amines) is 1. The highest BCUT2D eigenvalue weighted by atomic mass is 16.5. The van der Waals surface area contributed by atoms with Crippen LogP contribution >= 0.6 is 0 Å². The Balaban J connectivity index is 1.95. The Morgan fingerprint density at radius 1 is 1.43 bits per heavy atom. The lowest BCUT2D eigenvalue weighted by atomic mass is 10.2. The molecule has 1 heterocycles. The second-order valence-corrected chi connectivity index (χ2v) is 5.38. The van der Waals surface area contributed by atoms with E-state index in [-0.39, 0.29) is 18.6 Å². The van der Waals surface area contributed by atoms with Crippen molar-refractivity contribution in [2.45, 2.75) is 25.8 Å². The van der Waals surface area contributed by atoms with Gasteiger partial charge >= 0.3 is 0 Å². The summed E-state index contributed by atoms with van der Waals surface area (Å²) in [6, 6.07) is 5.98. The third-order valence-corrected chi connectivity index (χ3v) is 3.81. The molecule has 116 valence electrons. The van der Waals surface area contributed by atoms with Crippen LogP contribution < -0.4 is 14.8 Å². The normalized spacial score (nSPS) is 17.9. The molecule has 1 fully saturated rings. The van der Waals surface area contributed by atoms with Gasteiger partial charge < -0.3 is 19.7 Å². The second-order valence-electron chi connectivity index (χ2n) is 5.38. The maximum Gasteiger partial charge on any atom is 0.260 e. The molecule has 1 aliphatic heterocycles. The van der Waals surface area contributed by atoms with Gasteiger partial charge in [0.05, 0.1) is 7.11 Å². The molecule has 1 unspecified atom stereocenters. The fourth-order valence-corrected chi connectivity index (χ4v) is 2.73. The van der Waals surface area contributed by atoms with Crippen molar-refractivity contribution < 1.29 is 14.3 Å². The number of hydrogen-bond acceptors (Lipinski definition) is 4. The number of hydrogen-bond donors (Lipinski definition) is 1. The van der Waals surface area contributed by atoms with Gasteiger partial charge in [0.1, 0.15) is 0 Å². The van der Waals surface area contributed by atoms with Gasteiger partial charge in [-0.1, -0.05) is 6.07 Å². The number of nitrogens with one attached hydrogen (secondary N) is 1. The summed E-state index contributed by atoms with van der Waals surface area (Å²) in [5.41, 5.74) is 1.10. The van der Waals surface area contributed by atoms with Crippen molar-refractivity contribution in [3.05, 3.63) is 23.8 Å². The summed E-state index contributed by atoms with van der Waals surface area (Å²) in [5, 5.41) is 3.14. The molecule has 0 saturated carbocycles. The number of nitrogens with zero attached hydrogens (tertiary/aromatic N) is 1. The van der Waals surface area contributed by atoms with Gasteiger partial charge in [-0.2, -0.15) is 0 Å². The highest BCUT2D eigenvalue weighted by molar-refractivity contribution is 5.78. The number of carbonyl (C=O) groups excluding carboxylic acids is 1. The average molecular weight is 292 g/mol. The van der Waals surface area contributed by atoms with Gasteiger partial charge in [-0.15, -0.1) is 0 Å². The number of likely N-dealkylation sites (N-methyl/N-ethyl adjacent to an activating group) is 1. The molecule has 0 aromatic heterocycles. The van der Waals surface area contributed by atoms with Crippen molar-refractivity contribution in [2.24, 2.45) is 0 Å². The standard InChI is InChI=1S/C16H24N2O3/c1-12-6-7-14(15(9-12)20-3)21-11-16(19)18-8-4-5-13(18)10-17-2/h6-7,9,13,17H,4-5,8,10-11H2,1-3H3. The molecule has 1 N–H and O–H groups in total. The van der Waals surface area contributed by atoms with Crippen molar-refractivity contribution in [3.63, 3.8) is 0 Å². The Morgan fingerprint density at radius 2 is 2.24 bits per heavy atom. The number of benzene rings is 1. The van der Waals surface area contributed by atoms with Crippen LogP contribution in [0.4, 0.5) is 0 Å². The largest absolute Gasteiger partial charge is 0.493 e. The topological polar surface area (TPSA) is 50.8 Å². The van der Waals surface area contributed by atoms with E-state index in [0.29, 0.717) is 11.5 Å². The van der Waals surface area contributed by atoms with E-state index in [1.54, 1.807) is 7.11 Å². The lowest BCUT2D eigenvalue weighted by Crippen LogP contribution is -2.43. The predicted octanol–water partition coefficient (Wildman–Crippen LogP) is 1.59. The summed E-state index contributed by atoms with van der Waals surface area (Å²) in [5.74, 6) is 1.31. The van der Waals surface area contributed by atoms with Crippen LogP contribution in [0, 0.1) is 6.92 Å². The minimum absolute atomic E-state index is 0.0374. The number of carbonyl (C=O) groups is 1. The van der Waals surface area contributed by atoms with Crippen LogP contribution in [0.5, 0.6) is 11.5 Å². The lowest BCUT2D eigenvalue weighted by molar-refractivity contribution is -0.134. The first-order valence-electron chi connectivity index (χ1n) is 7.37. The Morgan fingerprint density at radius 3 is 2.95 bits per heavy atom. The number of methoxy groups -OCH3 is 1. The van der Waals surface area contributed by atoms with Crippen molar-refractivity contribution in [1.29, 1.82) is 0 Å². The van der Waals surface area contributed by atoms with Crippen LogP contribution in [0.3, 0.4) is 0 Å². The molecule has 1 aromatic carbocycles. The Hall–Kier alpha value is -1.75. The van der Waals surface area contributed by atoms with E-state index in [1.165, 1.54) is 0 Å². The van der Waals surface area contributed by atoms with Crippen molar-refractivity contribution in [2.75, 3.05) is 33.9 Å². The molecule has 21 heavy (non-hydrogen) atoms. The lowest BCUT2D eigenvalue weighted by Gasteiger charge is -2.24. The van der Waals surface area contributed by atoms with Gasteiger partial charge in [-0.25, -0.2) is 0 Å². The van der Waals surface area contributed by atoms with Crippen molar-refractivity contribution in [3.8, 4) is 11.5 Å². The Kier molecular flexibility index (Phi) is 5.44. The van der Waals surface area contributed by atoms with Crippen molar-refractivity contribution >= 4 is 5.91 Å². The van der Waals surface area contributed by atoms with Gasteiger partial charge in [0.2, 0.25) is 0 Å². The van der Waals surface area contributed by atoms with Crippen LogP contribution in [0.2, 0.25) is 0 Å². The monoisotopic (exact) mass is 292 g/mol. The molecule has 0 radical (unpaired) electrons. The fourth-order valence-electron chi connectivity index (χ4n) is 2.73. The van der Waals surface area contributed by atoms with Gasteiger partial charge in [0.15, 0.2) is 18.1 Å². The number of rotatable bonds is 6. The fraction of sp³-hybridized carbons (Fsp3) is 0.562. The van der Waals surface area contributed by atoms with E-state index in [1.807, 2.05) is 37.1 Å². The van der Waals surface area contributed by atoms with Gasteiger partial charge in [-0.05, 0) is 44.5 Å². The molecule has 1 aromatic rings. The summed E-state index contributed by atoms with van der Waals surface area (Å²) in [6.07, 6.45) is 2.12. The zero-order chi connectivity index (χ0) is 15.2. The molecule has 1 aliphatic rings. The first-order valence-corrected chi connectivity index (χ1v) is 7.37. The molecule has 2 rings (SSSR count). The van der Waals surface area contributed by atoms with E-state index in [2.05, 4.69) is 5.32 Å². The zero-order valence-electron chi connectivity index (χ0n) is 13.0. The third-order valence-electron chi connectivity index (χ3n) is 3.81. The average Bonchev–Trinajstić information content (AvgIpc) is 2.94. The maximum atomic E-state index is 12.3. The highest BCUT2D eigenvalue weighted by Gasteiger charge is 2.28. The molecule has 0 bridgehead atoms. The predicted molar refractivity (Wildman–Crippen MR) is 81.9 cm³/mol. The molecule has 0 aliphatic carbocycles. The quantitative estimate of drug-likeness (QED) is 0.865. The molecule has 0 spiro atoms. The van der Waals surface area contributed by atoms with Crippen LogP contribution in [0.25, 0.3) is 0 Å². The molecule has 1 saturated heterocycles. The summed E-state index contributed by atoms with van der Waals surface area (Å²) < 4.78 is 10.9. The zero-order valence-corrected chi connectivity index (χ0v) is 13.0. The van der Waals surface area contributed by atoms with E-state index >= 15 is 0 Å². The molecule has 1 atom stereocenters. The van der Waals surface area contributed by atoms with E-state index < -0.39 is 0 Å². The first-order chi connectivity index (χ1) is 10.2. The number of aryl methyl sites for hydroxylation is 1. The first kappa shape index (κ1) is 15.6. The second kappa shape index (κ2) is 7.31. The Bertz CT molecular complexity index is 490. The summed E-state index contributed by atoms with van der Waals surface area (Å²) in [6.45, 7) is 3.70. The smallest absolute Gasteiger partial charge is 0.260 e. The van der Waals surface area contributed by atoms with Gasteiger partial charge in [-0.3, -0.25) is 4.79 Å². The molecule has 1 amide bonds. The summed E-state index contributed by atoms with van der Waals surface area (Å²) in [7, 11) is 3.52. The van der Waals surface area contributed by atoms with Gasteiger partial charge in [0, 0.05) is 19.1 Å².